The zero-order valence-corrected chi connectivity index (χ0v) is 10.4. The van der Waals surface area contributed by atoms with Crippen molar-refractivity contribution < 1.29 is 4.42 Å². The third-order valence-corrected chi connectivity index (χ3v) is 3.25. The maximum atomic E-state index is 5.69. The van der Waals surface area contributed by atoms with Crippen LogP contribution in [-0.4, -0.2) is 4.98 Å². The Hall–Kier alpha value is -2.17. The lowest BCUT2D eigenvalue weighted by Gasteiger charge is -2.14. The lowest BCUT2D eigenvalue weighted by molar-refractivity contribution is 0.536. The Labute approximate surface area is 111 Å². The van der Waals surface area contributed by atoms with Crippen LogP contribution in [0, 0.1) is 0 Å². The van der Waals surface area contributed by atoms with Gasteiger partial charge in [-0.25, -0.2) is 0 Å². The number of hydrazine groups is 1. The predicted octanol–water partition coefficient (Wildman–Crippen LogP) is 2.57. The fourth-order valence-corrected chi connectivity index (χ4v) is 2.28. The van der Waals surface area contributed by atoms with E-state index in [-0.39, 0.29) is 6.04 Å². The van der Waals surface area contributed by atoms with Gasteiger partial charge in [0.05, 0.1) is 12.3 Å². The quantitative estimate of drug-likeness (QED) is 0.554. The average Bonchev–Trinajstić information content (AvgIpc) is 2.90. The monoisotopic (exact) mass is 253 g/mol. The van der Waals surface area contributed by atoms with Crippen molar-refractivity contribution in [1.29, 1.82) is 0 Å². The first kappa shape index (κ1) is 11.9. The van der Waals surface area contributed by atoms with Crippen LogP contribution in [0.1, 0.15) is 17.2 Å². The van der Waals surface area contributed by atoms with Gasteiger partial charge in [-0.1, -0.05) is 24.3 Å². The van der Waals surface area contributed by atoms with E-state index in [0.29, 0.717) is 0 Å². The molecule has 19 heavy (non-hydrogen) atoms. The molecule has 0 aliphatic heterocycles. The van der Waals surface area contributed by atoms with Crippen molar-refractivity contribution in [3.63, 3.8) is 0 Å². The largest absolute Gasteiger partial charge is 0.464 e. The van der Waals surface area contributed by atoms with E-state index in [1.807, 2.05) is 42.6 Å². The van der Waals surface area contributed by atoms with Crippen LogP contribution in [0.5, 0.6) is 0 Å². The van der Waals surface area contributed by atoms with Crippen LogP contribution in [0.4, 0.5) is 0 Å². The van der Waals surface area contributed by atoms with Crippen molar-refractivity contribution in [1.82, 2.24) is 10.4 Å². The van der Waals surface area contributed by atoms with Gasteiger partial charge in [-0.2, -0.15) is 0 Å². The number of pyridine rings is 1. The number of nitrogens with one attached hydrogen (secondary N) is 1. The van der Waals surface area contributed by atoms with Crippen molar-refractivity contribution in [2.24, 2.45) is 5.84 Å². The van der Waals surface area contributed by atoms with Crippen LogP contribution in [0.15, 0.2) is 59.5 Å². The number of aromatic nitrogens is 1. The predicted molar refractivity (Wildman–Crippen MR) is 74.2 cm³/mol. The van der Waals surface area contributed by atoms with Crippen LogP contribution in [0.3, 0.4) is 0 Å². The molecule has 0 saturated carbocycles. The van der Waals surface area contributed by atoms with Crippen molar-refractivity contribution in [3.05, 3.63) is 66.2 Å². The third-order valence-electron chi connectivity index (χ3n) is 3.25. The molecule has 0 aliphatic carbocycles. The molecule has 0 radical (unpaired) electrons. The highest BCUT2D eigenvalue weighted by Gasteiger charge is 2.16. The highest BCUT2D eigenvalue weighted by Crippen LogP contribution is 2.27. The molecule has 0 bridgehead atoms. The maximum Gasteiger partial charge on any atom is 0.134 e. The Morgan fingerprint density at radius 2 is 2.11 bits per heavy atom. The molecule has 0 saturated heterocycles. The molecule has 0 aliphatic rings. The maximum absolute atomic E-state index is 5.69. The van der Waals surface area contributed by atoms with Gasteiger partial charge in [0.15, 0.2) is 0 Å². The van der Waals surface area contributed by atoms with E-state index in [1.54, 1.807) is 12.5 Å². The standard InChI is InChI=1S/C15H15N3O/c16-18-14(8-11-4-3-7-17-9-11)13-10-19-15-6-2-1-5-12(13)15/h1-7,9-10,14,18H,8,16H2. The van der Waals surface area contributed by atoms with Crippen molar-refractivity contribution in [2.75, 3.05) is 0 Å². The van der Waals surface area contributed by atoms with Gasteiger partial charge in [0.2, 0.25) is 0 Å². The molecule has 1 atom stereocenters. The summed E-state index contributed by atoms with van der Waals surface area (Å²) in [6, 6.07) is 11.9. The number of nitrogens with two attached hydrogens (primary N) is 1. The second-order valence-electron chi connectivity index (χ2n) is 4.47. The van der Waals surface area contributed by atoms with Crippen LogP contribution in [0.25, 0.3) is 11.0 Å². The van der Waals surface area contributed by atoms with Crippen LogP contribution >= 0.6 is 0 Å². The number of nitrogens with zero attached hydrogens (tertiary/aromatic N) is 1. The first-order valence-corrected chi connectivity index (χ1v) is 6.19. The molecule has 0 amide bonds. The lowest BCUT2D eigenvalue weighted by atomic mass is 10.00. The fraction of sp³-hybridized carbons (Fsp3) is 0.133. The van der Waals surface area contributed by atoms with E-state index in [4.69, 9.17) is 10.3 Å². The normalized spacial score (nSPS) is 12.7. The SMILES string of the molecule is NNC(Cc1cccnc1)c1coc2ccccc12. The summed E-state index contributed by atoms with van der Waals surface area (Å²) in [6.45, 7) is 0. The number of hydrogen-bond acceptors (Lipinski definition) is 4. The van der Waals surface area contributed by atoms with Gasteiger partial charge in [-0.3, -0.25) is 16.3 Å². The number of rotatable bonds is 4. The topological polar surface area (TPSA) is 64.1 Å². The first-order valence-electron chi connectivity index (χ1n) is 6.19. The minimum Gasteiger partial charge on any atom is -0.464 e. The van der Waals surface area contributed by atoms with E-state index < -0.39 is 0 Å². The van der Waals surface area contributed by atoms with Crippen LogP contribution < -0.4 is 11.3 Å². The molecule has 96 valence electrons. The van der Waals surface area contributed by atoms with Crippen LogP contribution in [-0.2, 0) is 6.42 Å². The van der Waals surface area contributed by atoms with E-state index in [0.717, 1.165) is 28.5 Å². The Morgan fingerprint density at radius 3 is 2.89 bits per heavy atom. The molecular formula is C15H15N3O. The molecule has 1 aromatic carbocycles. The Morgan fingerprint density at radius 1 is 1.21 bits per heavy atom. The van der Waals surface area contributed by atoms with Gasteiger partial charge in [0.25, 0.3) is 0 Å². The molecule has 4 nitrogen and oxygen atoms in total. The third kappa shape index (κ3) is 2.36. The number of furan rings is 1. The van der Waals surface area contributed by atoms with Gasteiger partial charge in [-0.15, -0.1) is 0 Å². The van der Waals surface area contributed by atoms with E-state index >= 15 is 0 Å². The molecule has 3 N–H and O–H groups in total. The highest BCUT2D eigenvalue weighted by molar-refractivity contribution is 5.81. The summed E-state index contributed by atoms with van der Waals surface area (Å²) in [4.78, 5) is 4.12. The molecule has 4 heteroatoms. The van der Waals surface area contributed by atoms with Gasteiger partial charge >= 0.3 is 0 Å². The molecule has 2 heterocycles. The zero-order chi connectivity index (χ0) is 13.1. The van der Waals surface area contributed by atoms with Crippen LogP contribution in [0.2, 0.25) is 0 Å². The second-order valence-corrected chi connectivity index (χ2v) is 4.47. The minimum absolute atomic E-state index is 0.00727. The van der Waals surface area contributed by atoms with Crippen molar-refractivity contribution >= 4 is 11.0 Å². The number of para-hydroxylation sites is 1. The summed E-state index contributed by atoms with van der Waals surface area (Å²) < 4.78 is 5.56. The molecule has 1 unspecified atom stereocenters. The average molecular weight is 253 g/mol. The Kier molecular flexibility index (Phi) is 3.27. The summed E-state index contributed by atoms with van der Waals surface area (Å²) in [5.41, 5.74) is 5.94. The summed E-state index contributed by atoms with van der Waals surface area (Å²) in [5.74, 6) is 5.69. The number of benzene rings is 1. The molecule has 3 aromatic rings. The van der Waals surface area contributed by atoms with Crippen molar-refractivity contribution in [2.45, 2.75) is 12.5 Å². The molecule has 0 spiro atoms. The zero-order valence-electron chi connectivity index (χ0n) is 10.4. The van der Waals surface area contributed by atoms with E-state index in [1.165, 1.54) is 0 Å². The minimum atomic E-state index is 0.00727. The second kappa shape index (κ2) is 5.22. The Balaban J connectivity index is 1.94. The summed E-state index contributed by atoms with van der Waals surface area (Å²) in [6.07, 6.45) is 6.16. The first-order chi connectivity index (χ1) is 9.38. The van der Waals surface area contributed by atoms with E-state index in [2.05, 4.69) is 10.4 Å². The van der Waals surface area contributed by atoms with Gasteiger partial charge < -0.3 is 4.42 Å². The molecule has 0 fully saturated rings. The molecule has 2 aromatic heterocycles. The van der Waals surface area contributed by atoms with Crippen molar-refractivity contribution in [3.8, 4) is 0 Å². The van der Waals surface area contributed by atoms with E-state index in [9.17, 15) is 0 Å². The highest BCUT2D eigenvalue weighted by atomic mass is 16.3. The Bertz CT molecular complexity index is 663. The molecular weight excluding hydrogens is 238 g/mol. The molecule has 3 rings (SSSR count). The van der Waals surface area contributed by atoms with Gasteiger partial charge in [0.1, 0.15) is 5.58 Å². The fourth-order valence-electron chi connectivity index (χ4n) is 2.28. The lowest BCUT2D eigenvalue weighted by Crippen LogP contribution is -2.29. The van der Waals surface area contributed by atoms with Gasteiger partial charge in [-0.05, 0) is 24.1 Å². The summed E-state index contributed by atoms with van der Waals surface area (Å²) in [5, 5.41) is 1.09. The summed E-state index contributed by atoms with van der Waals surface area (Å²) in [7, 11) is 0. The number of fused-ring (bicyclic) bond motifs is 1. The summed E-state index contributed by atoms with van der Waals surface area (Å²) >= 11 is 0. The number of hydrogen-bond donors (Lipinski definition) is 2. The smallest absolute Gasteiger partial charge is 0.134 e. The van der Waals surface area contributed by atoms with Gasteiger partial charge in [0, 0.05) is 23.3 Å².